The molecule has 0 saturated carbocycles. The molecule has 0 saturated heterocycles. The van der Waals surface area contributed by atoms with Crippen LogP contribution in [0.3, 0.4) is 0 Å². The summed E-state index contributed by atoms with van der Waals surface area (Å²) in [6.07, 6.45) is 4.97. The summed E-state index contributed by atoms with van der Waals surface area (Å²) >= 11 is 1.44. The normalized spacial score (nSPS) is 12.3. The second kappa shape index (κ2) is 5.53. The molecule has 0 radical (unpaired) electrons. The highest BCUT2D eigenvalue weighted by atomic mass is 32.1. The number of nitrogens with zero attached hydrogens (tertiary/aromatic N) is 2. The Morgan fingerprint density at radius 1 is 1.52 bits per heavy atom. The van der Waals surface area contributed by atoms with E-state index in [1.54, 1.807) is 24.7 Å². The van der Waals surface area contributed by atoms with E-state index in [1.165, 1.54) is 11.3 Å². The molecule has 3 aromatic rings. The lowest BCUT2D eigenvalue weighted by Crippen LogP contribution is -2.28. The molecule has 0 aromatic carbocycles. The van der Waals surface area contributed by atoms with Crippen LogP contribution in [0.1, 0.15) is 34.2 Å². The number of hydrogen-bond donors (Lipinski definition) is 2. The SMILES string of the molecule is Cc1sc(-c2ccco2)nc1C(=O)NC(C)c1ncc[nH]1. The second-order valence-electron chi connectivity index (χ2n) is 4.57. The third-order valence-electron chi connectivity index (χ3n) is 3.02. The number of rotatable bonds is 4. The van der Waals surface area contributed by atoms with Crippen LogP contribution in [0.15, 0.2) is 35.2 Å². The van der Waals surface area contributed by atoms with Gasteiger partial charge in [-0.1, -0.05) is 0 Å². The number of aromatic nitrogens is 3. The number of furan rings is 1. The summed E-state index contributed by atoms with van der Waals surface area (Å²) in [6.45, 7) is 3.74. The Morgan fingerprint density at radius 3 is 3.05 bits per heavy atom. The Bertz CT molecular complexity index is 731. The van der Waals surface area contributed by atoms with Crippen molar-refractivity contribution in [3.8, 4) is 10.8 Å². The molecule has 108 valence electrons. The molecule has 0 fully saturated rings. The van der Waals surface area contributed by atoms with Crippen LogP contribution >= 0.6 is 11.3 Å². The minimum Gasteiger partial charge on any atom is -0.462 e. The van der Waals surface area contributed by atoms with Gasteiger partial charge in [-0.2, -0.15) is 0 Å². The highest BCUT2D eigenvalue weighted by Crippen LogP contribution is 2.28. The molecule has 0 aliphatic carbocycles. The van der Waals surface area contributed by atoms with E-state index in [9.17, 15) is 4.79 Å². The van der Waals surface area contributed by atoms with E-state index in [-0.39, 0.29) is 11.9 Å². The first-order valence-electron chi connectivity index (χ1n) is 6.46. The van der Waals surface area contributed by atoms with Crippen molar-refractivity contribution < 1.29 is 9.21 Å². The van der Waals surface area contributed by atoms with Gasteiger partial charge in [0.15, 0.2) is 10.8 Å². The van der Waals surface area contributed by atoms with Gasteiger partial charge in [-0.25, -0.2) is 9.97 Å². The van der Waals surface area contributed by atoms with Crippen molar-refractivity contribution in [3.05, 3.63) is 47.2 Å². The summed E-state index contributed by atoms with van der Waals surface area (Å²) in [7, 11) is 0. The maximum atomic E-state index is 12.3. The Kier molecular flexibility index (Phi) is 3.57. The van der Waals surface area contributed by atoms with Crippen LogP contribution in [0, 0.1) is 6.92 Å². The lowest BCUT2D eigenvalue weighted by atomic mass is 10.3. The van der Waals surface area contributed by atoms with Crippen LogP contribution in [0.25, 0.3) is 10.8 Å². The fraction of sp³-hybridized carbons (Fsp3) is 0.214. The number of aryl methyl sites for hydroxylation is 1. The number of thiazole rings is 1. The summed E-state index contributed by atoms with van der Waals surface area (Å²) in [5, 5.41) is 3.58. The van der Waals surface area contributed by atoms with Crippen LogP contribution in [-0.2, 0) is 0 Å². The number of nitrogens with one attached hydrogen (secondary N) is 2. The predicted molar refractivity (Wildman–Crippen MR) is 79.0 cm³/mol. The molecule has 3 rings (SSSR count). The van der Waals surface area contributed by atoms with E-state index >= 15 is 0 Å². The van der Waals surface area contributed by atoms with Crippen LogP contribution in [0.5, 0.6) is 0 Å². The van der Waals surface area contributed by atoms with E-state index in [4.69, 9.17) is 4.42 Å². The van der Waals surface area contributed by atoms with Crippen molar-refractivity contribution in [2.75, 3.05) is 0 Å². The van der Waals surface area contributed by atoms with Gasteiger partial charge in [-0.15, -0.1) is 11.3 Å². The molecule has 7 heteroatoms. The molecule has 1 atom stereocenters. The lowest BCUT2D eigenvalue weighted by molar-refractivity contribution is 0.0933. The number of imidazole rings is 1. The van der Waals surface area contributed by atoms with Gasteiger partial charge in [0, 0.05) is 17.3 Å². The van der Waals surface area contributed by atoms with Gasteiger partial charge in [-0.05, 0) is 26.0 Å². The third kappa shape index (κ3) is 2.73. The van der Waals surface area contributed by atoms with E-state index in [0.29, 0.717) is 22.3 Å². The predicted octanol–water partition coefficient (Wildman–Crippen LogP) is 2.93. The Balaban J connectivity index is 1.79. The van der Waals surface area contributed by atoms with Crippen molar-refractivity contribution in [1.29, 1.82) is 0 Å². The molecule has 0 aliphatic heterocycles. The first-order chi connectivity index (χ1) is 10.1. The highest BCUT2D eigenvalue weighted by molar-refractivity contribution is 7.15. The minimum atomic E-state index is -0.217. The van der Waals surface area contributed by atoms with Crippen molar-refractivity contribution in [2.45, 2.75) is 19.9 Å². The fourth-order valence-corrected chi connectivity index (χ4v) is 2.84. The molecule has 3 heterocycles. The lowest BCUT2D eigenvalue weighted by Gasteiger charge is -2.10. The quantitative estimate of drug-likeness (QED) is 0.776. The molecule has 0 spiro atoms. The largest absolute Gasteiger partial charge is 0.462 e. The molecule has 0 aliphatic rings. The van der Waals surface area contributed by atoms with Crippen LogP contribution in [0.4, 0.5) is 0 Å². The van der Waals surface area contributed by atoms with Crippen molar-refractivity contribution in [3.63, 3.8) is 0 Å². The number of carbonyl (C=O) groups is 1. The van der Waals surface area contributed by atoms with Gasteiger partial charge in [-0.3, -0.25) is 4.79 Å². The number of amides is 1. The molecule has 6 nitrogen and oxygen atoms in total. The molecule has 1 unspecified atom stereocenters. The number of carbonyl (C=O) groups excluding carboxylic acids is 1. The Morgan fingerprint density at radius 2 is 2.38 bits per heavy atom. The highest BCUT2D eigenvalue weighted by Gasteiger charge is 2.20. The summed E-state index contributed by atoms with van der Waals surface area (Å²) in [5.74, 6) is 1.16. The first kappa shape index (κ1) is 13.6. The molecule has 0 bridgehead atoms. The van der Waals surface area contributed by atoms with Crippen LogP contribution in [0.2, 0.25) is 0 Å². The number of H-pyrrole nitrogens is 1. The standard InChI is InChI=1S/C14H14N4O2S/c1-8(12-15-5-6-16-12)17-13(19)11-9(2)21-14(18-11)10-4-3-7-20-10/h3-8H,1-2H3,(H,15,16)(H,17,19). The zero-order chi connectivity index (χ0) is 14.8. The zero-order valence-corrected chi connectivity index (χ0v) is 12.4. The van der Waals surface area contributed by atoms with Crippen molar-refractivity contribution in [2.24, 2.45) is 0 Å². The smallest absolute Gasteiger partial charge is 0.271 e. The van der Waals surface area contributed by atoms with Gasteiger partial charge in [0.1, 0.15) is 11.5 Å². The monoisotopic (exact) mass is 302 g/mol. The molecule has 1 amide bonds. The van der Waals surface area contributed by atoms with E-state index in [2.05, 4.69) is 20.3 Å². The molecule has 2 N–H and O–H groups in total. The maximum Gasteiger partial charge on any atom is 0.271 e. The number of aromatic amines is 1. The van der Waals surface area contributed by atoms with Gasteiger partial charge >= 0.3 is 0 Å². The molecule has 3 aromatic heterocycles. The van der Waals surface area contributed by atoms with Crippen molar-refractivity contribution >= 4 is 17.2 Å². The minimum absolute atomic E-state index is 0.208. The molecular weight excluding hydrogens is 288 g/mol. The third-order valence-corrected chi connectivity index (χ3v) is 4.01. The van der Waals surface area contributed by atoms with Gasteiger partial charge in [0.05, 0.1) is 12.3 Å². The summed E-state index contributed by atoms with van der Waals surface area (Å²) in [5.41, 5.74) is 0.421. The molecular formula is C14H14N4O2S. The van der Waals surface area contributed by atoms with Crippen LogP contribution < -0.4 is 5.32 Å². The maximum absolute atomic E-state index is 12.3. The zero-order valence-electron chi connectivity index (χ0n) is 11.6. The second-order valence-corrected chi connectivity index (χ2v) is 5.77. The van der Waals surface area contributed by atoms with Gasteiger partial charge in [0.25, 0.3) is 5.91 Å². The summed E-state index contributed by atoms with van der Waals surface area (Å²) in [6, 6.07) is 3.41. The number of hydrogen-bond acceptors (Lipinski definition) is 5. The molecule has 21 heavy (non-hydrogen) atoms. The average molecular weight is 302 g/mol. The fourth-order valence-electron chi connectivity index (χ4n) is 1.96. The topological polar surface area (TPSA) is 83.8 Å². The van der Waals surface area contributed by atoms with Gasteiger partial charge < -0.3 is 14.7 Å². The summed E-state index contributed by atoms with van der Waals surface area (Å²) in [4.78, 5) is 24.6. The first-order valence-corrected chi connectivity index (χ1v) is 7.28. The van der Waals surface area contributed by atoms with E-state index in [0.717, 1.165) is 4.88 Å². The average Bonchev–Trinajstić information content (AvgIpc) is 3.20. The van der Waals surface area contributed by atoms with Gasteiger partial charge in [0.2, 0.25) is 0 Å². The van der Waals surface area contributed by atoms with Crippen molar-refractivity contribution in [1.82, 2.24) is 20.3 Å². The Hall–Kier alpha value is -2.41. The van der Waals surface area contributed by atoms with E-state index in [1.807, 2.05) is 19.9 Å². The van der Waals surface area contributed by atoms with Crippen LogP contribution in [-0.4, -0.2) is 20.9 Å². The van der Waals surface area contributed by atoms with E-state index < -0.39 is 0 Å². The Labute approximate surface area is 125 Å². The summed E-state index contributed by atoms with van der Waals surface area (Å²) < 4.78 is 5.31.